The molecule has 2 atom stereocenters. The van der Waals surface area contributed by atoms with E-state index in [4.69, 9.17) is 0 Å². The minimum atomic E-state index is -0.0478. The third kappa shape index (κ3) is 6.57. The summed E-state index contributed by atoms with van der Waals surface area (Å²) in [5.74, 6) is 0. The van der Waals surface area contributed by atoms with Crippen LogP contribution >= 0.6 is 11.3 Å². The van der Waals surface area contributed by atoms with Gasteiger partial charge in [-0.25, -0.2) is 0 Å². The molecule has 1 aromatic heterocycles. The summed E-state index contributed by atoms with van der Waals surface area (Å²) in [6, 6.07) is 60.4. The number of fused-ring (bicyclic) bond motifs is 12. The van der Waals surface area contributed by atoms with Gasteiger partial charge < -0.3 is 14.7 Å². The van der Waals surface area contributed by atoms with Gasteiger partial charge in [0.15, 0.2) is 0 Å². The summed E-state index contributed by atoms with van der Waals surface area (Å²) in [5, 5.41) is 2.63. The van der Waals surface area contributed by atoms with Gasteiger partial charge in [-0.2, -0.15) is 0 Å². The topological polar surface area (TPSA) is 9.72 Å². The monoisotopic (exact) mass is 1040 g/mol. The molecule has 78 heavy (non-hydrogen) atoms. The second kappa shape index (κ2) is 16.3. The van der Waals surface area contributed by atoms with E-state index in [1.54, 1.807) is 5.56 Å². The van der Waals surface area contributed by atoms with Gasteiger partial charge in [0.05, 0.1) is 16.9 Å². The molecule has 3 nitrogen and oxygen atoms in total. The van der Waals surface area contributed by atoms with Crippen molar-refractivity contribution in [2.24, 2.45) is 0 Å². The SMILES string of the molecule is Cc1cc2c3c(c1)N1c4c(cccc4C4(C)CCCCC14C)B3c1ccc(N(c3ccc4c(c3)C(C)(C)CCC4(C)C)c3cccc4sc5ccccc5c34)cc1N2c1cc2c(cc1-c1ccccc1)C(C)(C)CCC2(C)C. The van der Waals surface area contributed by atoms with Crippen LogP contribution in [0.25, 0.3) is 31.3 Å². The smallest absolute Gasteiger partial charge is 0.252 e. The fraction of sp³-hybridized carbons (Fsp3) is 0.342. The maximum Gasteiger partial charge on any atom is 0.252 e. The molecule has 0 spiro atoms. The molecule has 15 rings (SSSR count). The Morgan fingerprint density at radius 2 is 1.10 bits per heavy atom. The zero-order chi connectivity index (χ0) is 53.6. The molecule has 9 aromatic rings. The largest absolute Gasteiger partial charge is 0.335 e. The Balaban J connectivity index is 1.06. The third-order valence-corrected chi connectivity index (χ3v) is 22.5. The highest BCUT2D eigenvalue weighted by Crippen LogP contribution is 2.63. The van der Waals surface area contributed by atoms with E-state index in [2.05, 4.69) is 243 Å². The lowest BCUT2D eigenvalue weighted by Gasteiger charge is -2.53. The highest BCUT2D eigenvalue weighted by atomic mass is 32.1. The second-order valence-corrected chi connectivity index (χ2v) is 28.8. The summed E-state index contributed by atoms with van der Waals surface area (Å²) in [7, 11) is 0. The lowest BCUT2D eigenvalue weighted by molar-refractivity contribution is 0.195. The van der Waals surface area contributed by atoms with Crippen LogP contribution in [-0.4, -0.2) is 12.3 Å². The summed E-state index contributed by atoms with van der Waals surface area (Å²) in [4.78, 5) is 8.30. The van der Waals surface area contributed by atoms with E-state index in [9.17, 15) is 0 Å². The van der Waals surface area contributed by atoms with Crippen LogP contribution in [0.4, 0.5) is 45.5 Å². The maximum atomic E-state index is 2.89. The first-order valence-electron chi connectivity index (χ1n) is 29.4. The van der Waals surface area contributed by atoms with Crippen LogP contribution in [0.2, 0.25) is 0 Å². The molecule has 0 N–H and O–H groups in total. The van der Waals surface area contributed by atoms with Crippen LogP contribution in [0.1, 0.15) is 154 Å². The predicted octanol–water partition coefficient (Wildman–Crippen LogP) is 18.6. The van der Waals surface area contributed by atoms with Crippen molar-refractivity contribution in [2.75, 3.05) is 14.7 Å². The minimum absolute atomic E-state index is 0.00234. The van der Waals surface area contributed by atoms with E-state index in [0.29, 0.717) is 0 Å². The predicted molar refractivity (Wildman–Crippen MR) is 337 cm³/mol. The van der Waals surface area contributed by atoms with Crippen molar-refractivity contribution in [1.82, 2.24) is 0 Å². The molecule has 5 heteroatoms. The number of benzene rings is 8. The number of anilines is 8. The first-order chi connectivity index (χ1) is 37.3. The van der Waals surface area contributed by atoms with Gasteiger partial charge in [0.25, 0.3) is 6.71 Å². The molecule has 390 valence electrons. The van der Waals surface area contributed by atoms with Crippen molar-refractivity contribution in [2.45, 2.75) is 160 Å². The Morgan fingerprint density at radius 1 is 0.474 bits per heavy atom. The van der Waals surface area contributed by atoms with Crippen molar-refractivity contribution < 1.29 is 0 Å². The Kier molecular flexibility index (Phi) is 10.1. The van der Waals surface area contributed by atoms with E-state index in [0.717, 1.165) is 19.3 Å². The molecule has 3 aliphatic carbocycles. The molecule has 2 unspecified atom stereocenters. The summed E-state index contributed by atoms with van der Waals surface area (Å²) in [6.45, 7) is 27.4. The first kappa shape index (κ1) is 48.6. The second-order valence-electron chi connectivity index (χ2n) is 27.8. The van der Waals surface area contributed by atoms with E-state index in [1.807, 2.05) is 11.3 Å². The van der Waals surface area contributed by atoms with Gasteiger partial charge >= 0.3 is 0 Å². The molecule has 0 bridgehead atoms. The van der Waals surface area contributed by atoms with Crippen LogP contribution in [0.5, 0.6) is 0 Å². The lowest BCUT2D eigenvalue weighted by Crippen LogP contribution is -2.64. The van der Waals surface area contributed by atoms with Gasteiger partial charge in [-0.3, -0.25) is 0 Å². The van der Waals surface area contributed by atoms with Gasteiger partial charge in [-0.05, 0) is 196 Å². The third-order valence-electron chi connectivity index (χ3n) is 21.4. The molecular weight excluding hydrogens is 962 g/mol. The molecule has 0 saturated heterocycles. The van der Waals surface area contributed by atoms with Crippen molar-refractivity contribution in [3.05, 3.63) is 185 Å². The molecular formula is C73H74BN3S. The number of hydrogen-bond acceptors (Lipinski definition) is 4. The maximum absolute atomic E-state index is 2.89. The summed E-state index contributed by atoms with van der Waals surface area (Å²) in [6.07, 6.45) is 9.59. The fourth-order valence-corrected chi connectivity index (χ4v) is 17.6. The number of thiophene rings is 1. The van der Waals surface area contributed by atoms with Crippen LogP contribution in [-0.2, 0) is 27.1 Å². The average molecular weight is 1040 g/mol. The van der Waals surface area contributed by atoms with E-state index in [1.165, 1.54) is 153 Å². The van der Waals surface area contributed by atoms with E-state index >= 15 is 0 Å². The van der Waals surface area contributed by atoms with E-state index in [-0.39, 0.29) is 39.3 Å². The summed E-state index contributed by atoms with van der Waals surface area (Å²) in [5.41, 5.74) is 26.1. The summed E-state index contributed by atoms with van der Waals surface area (Å²) >= 11 is 1.91. The zero-order valence-electron chi connectivity index (χ0n) is 47.9. The van der Waals surface area contributed by atoms with Crippen molar-refractivity contribution in [1.29, 1.82) is 0 Å². The average Bonchev–Trinajstić information content (AvgIpc) is 2.52. The molecule has 3 aliphatic heterocycles. The molecule has 8 aromatic carbocycles. The van der Waals surface area contributed by atoms with Gasteiger partial charge in [0.2, 0.25) is 0 Å². The molecule has 1 fully saturated rings. The van der Waals surface area contributed by atoms with Crippen LogP contribution < -0.4 is 31.1 Å². The zero-order valence-corrected chi connectivity index (χ0v) is 48.7. The summed E-state index contributed by atoms with van der Waals surface area (Å²) < 4.78 is 2.64. The fourth-order valence-electron chi connectivity index (χ4n) is 16.5. The van der Waals surface area contributed by atoms with Crippen LogP contribution in [0.15, 0.2) is 152 Å². The Bertz CT molecular complexity index is 4030. The number of rotatable bonds is 5. The lowest BCUT2D eigenvalue weighted by atomic mass is 9.33. The van der Waals surface area contributed by atoms with Crippen LogP contribution in [0, 0.1) is 6.92 Å². The Hall–Kier alpha value is -6.56. The highest BCUT2D eigenvalue weighted by molar-refractivity contribution is 7.26. The molecule has 4 heterocycles. The minimum Gasteiger partial charge on any atom is -0.335 e. The normalized spacial score (nSPS) is 22.3. The molecule has 1 saturated carbocycles. The standard InChI is InChI=1S/C73H74BN3S/c1-45-39-61-66-62(40-45)77-67-52(72(10)33-17-18-34-73(72,77)11)24-19-25-57(67)74(66)56-32-30-48(42-60(56)76(61)59-44-55-54(70(6,7)37-38-71(55,8)9)43-50(59)46-21-13-12-14-22-46)75(47-29-31-51-53(41-47)69(4,5)36-35-68(51,2)3)58-26-20-28-64-65(58)49-23-15-16-27-63(49)78-64/h12-16,19-32,39-44H,17-18,33-38H2,1-11H3. The van der Waals surface area contributed by atoms with Gasteiger partial charge in [-0.15, -0.1) is 11.3 Å². The molecule has 0 radical (unpaired) electrons. The Labute approximate surface area is 468 Å². The number of hydrogen-bond donors (Lipinski definition) is 0. The number of aryl methyl sites for hydroxylation is 1. The van der Waals surface area contributed by atoms with Gasteiger partial charge in [-0.1, -0.05) is 160 Å². The van der Waals surface area contributed by atoms with Crippen molar-refractivity contribution >= 4 is 100 Å². The molecule has 6 aliphatic rings. The van der Waals surface area contributed by atoms with Crippen molar-refractivity contribution in [3.63, 3.8) is 0 Å². The van der Waals surface area contributed by atoms with E-state index < -0.39 is 0 Å². The highest BCUT2D eigenvalue weighted by Gasteiger charge is 2.61. The molecule has 0 amide bonds. The van der Waals surface area contributed by atoms with Crippen LogP contribution in [0.3, 0.4) is 0 Å². The number of nitrogens with zero attached hydrogens (tertiary/aromatic N) is 3. The van der Waals surface area contributed by atoms with Gasteiger partial charge in [0, 0.05) is 65.3 Å². The number of para-hydroxylation sites is 1. The van der Waals surface area contributed by atoms with Crippen molar-refractivity contribution in [3.8, 4) is 11.1 Å². The van der Waals surface area contributed by atoms with Gasteiger partial charge in [0.1, 0.15) is 0 Å². The first-order valence-corrected chi connectivity index (χ1v) is 30.2. The quantitative estimate of drug-likeness (QED) is 0.159. The Morgan fingerprint density at radius 3 is 1.87 bits per heavy atom.